The number of piperazine rings is 1. The third kappa shape index (κ3) is 2.23. The van der Waals surface area contributed by atoms with Crippen LogP contribution in [-0.2, 0) is 0 Å². The van der Waals surface area contributed by atoms with Crippen molar-refractivity contribution in [3.8, 4) is 0 Å². The molecule has 4 fully saturated rings. The van der Waals surface area contributed by atoms with Crippen molar-refractivity contribution in [2.75, 3.05) is 13.1 Å². The van der Waals surface area contributed by atoms with Gasteiger partial charge in [-0.25, -0.2) is 0 Å². The Morgan fingerprint density at radius 1 is 0.900 bits per heavy atom. The molecule has 20 heavy (non-hydrogen) atoms. The van der Waals surface area contributed by atoms with Gasteiger partial charge < -0.3 is 5.32 Å². The van der Waals surface area contributed by atoms with Crippen LogP contribution in [0.2, 0.25) is 0 Å². The highest BCUT2D eigenvalue weighted by Gasteiger charge is 2.53. The van der Waals surface area contributed by atoms with Gasteiger partial charge in [-0.2, -0.15) is 0 Å². The Kier molecular flexibility index (Phi) is 3.38. The van der Waals surface area contributed by atoms with E-state index in [0.717, 1.165) is 12.0 Å². The van der Waals surface area contributed by atoms with Gasteiger partial charge in [-0.3, -0.25) is 4.90 Å². The summed E-state index contributed by atoms with van der Waals surface area (Å²) in [6.45, 7) is 5.19. The maximum atomic E-state index is 4.06. The highest BCUT2D eigenvalue weighted by Crippen LogP contribution is 2.48. The Morgan fingerprint density at radius 2 is 1.60 bits per heavy atom. The first-order valence-corrected chi connectivity index (χ1v) is 9.24. The lowest BCUT2D eigenvalue weighted by Crippen LogP contribution is -2.71. The van der Waals surface area contributed by atoms with Gasteiger partial charge in [0.05, 0.1) is 0 Å². The van der Waals surface area contributed by atoms with E-state index in [2.05, 4.69) is 17.1 Å². The lowest BCUT2D eigenvalue weighted by molar-refractivity contribution is -0.0390. The van der Waals surface area contributed by atoms with Gasteiger partial charge >= 0.3 is 0 Å². The van der Waals surface area contributed by atoms with Gasteiger partial charge in [-0.1, -0.05) is 32.1 Å². The summed E-state index contributed by atoms with van der Waals surface area (Å²) < 4.78 is 0. The number of hydrogen-bond acceptors (Lipinski definition) is 2. The van der Waals surface area contributed by atoms with Gasteiger partial charge in [0.1, 0.15) is 0 Å². The molecule has 1 atom stereocenters. The lowest BCUT2D eigenvalue weighted by Gasteiger charge is -2.57. The van der Waals surface area contributed by atoms with E-state index < -0.39 is 0 Å². The van der Waals surface area contributed by atoms with Crippen molar-refractivity contribution in [3.05, 3.63) is 0 Å². The summed E-state index contributed by atoms with van der Waals surface area (Å²) in [5.74, 6) is 0.983. The molecule has 4 rings (SSSR count). The van der Waals surface area contributed by atoms with E-state index in [1.54, 1.807) is 0 Å². The van der Waals surface area contributed by atoms with Crippen LogP contribution in [0.3, 0.4) is 0 Å². The van der Waals surface area contributed by atoms with Gasteiger partial charge in [0, 0.05) is 30.2 Å². The zero-order chi connectivity index (χ0) is 13.6. The molecule has 114 valence electrons. The van der Waals surface area contributed by atoms with Crippen molar-refractivity contribution in [1.29, 1.82) is 0 Å². The molecule has 1 heterocycles. The van der Waals surface area contributed by atoms with Crippen LogP contribution in [0.1, 0.15) is 77.6 Å². The molecule has 0 bridgehead atoms. The predicted molar refractivity (Wildman–Crippen MR) is 83.9 cm³/mol. The molecule has 1 unspecified atom stereocenters. The molecule has 1 spiro atoms. The first-order chi connectivity index (χ1) is 9.72. The van der Waals surface area contributed by atoms with Gasteiger partial charge in [0.25, 0.3) is 0 Å². The zero-order valence-electron chi connectivity index (χ0n) is 13.3. The molecule has 0 aromatic carbocycles. The van der Waals surface area contributed by atoms with Crippen molar-refractivity contribution >= 4 is 0 Å². The van der Waals surface area contributed by atoms with Crippen LogP contribution in [0.5, 0.6) is 0 Å². The minimum absolute atomic E-state index is 0.470. The second-order valence-electron chi connectivity index (χ2n) is 8.39. The normalized spacial score (nSPS) is 39.5. The minimum Gasteiger partial charge on any atom is -0.308 e. The molecule has 1 saturated heterocycles. The molecule has 1 aliphatic heterocycles. The molecular formula is C18H32N2. The van der Waals surface area contributed by atoms with Crippen LogP contribution in [0.4, 0.5) is 0 Å². The predicted octanol–water partition coefficient (Wildman–Crippen LogP) is 3.71. The summed E-state index contributed by atoms with van der Waals surface area (Å²) in [4.78, 5) is 3.01. The number of rotatable bonds is 2. The van der Waals surface area contributed by atoms with Gasteiger partial charge in [-0.05, 0) is 51.4 Å². The molecule has 3 aliphatic carbocycles. The van der Waals surface area contributed by atoms with Crippen LogP contribution in [0.25, 0.3) is 0 Å². The summed E-state index contributed by atoms with van der Waals surface area (Å²) in [5, 5.41) is 4.06. The van der Waals surface area contributed by atoms with Crippen LogP contribution in [-0.4, -0.2) is 35.1 Å². The van der Waals surface area contributed by atoms with E-state index in [4.69, 9.17) is 0 Å². The Morgan fingerprint density at radius 3 is 2.25 bits per heavy atom. The third-order valence-electron chi connectivity index (χ3n) is 6.98. The molecule has 0 radical (unpaired) electrons. The maximum Gasteiger partial charge on any atom is 0.0337 e. The van der Waals surface area contributed by atoms with Gasteiger partial charge in [0.2, 0.25) is 0 Å². The molecule has 0 amide bonds. The monoisotopic (exact) mass is 276 g/mol. The topological polar surface area (TPSA) is 15.3 Å². The fraction of sp³-hybridized carbons (Fsp3) is 1.00. The van der Waals surface area contributed by atoms with E-state index in [1.165, 1.54) is 83.7 Å². The van der Waals surface area contributed by atoms with Gasteiger partial charge in [-0.15, -0.1) is 0 Å². The molecular weight excluding hydrogens is 244 g/mol. The fourth-order valence-corrected chi connectivity index (χ4v) is 5.44. The smallest absolute Gasteiger partial charge is 0.0337 e. The Balaban J connectivity index is 1.57. The zero-order valence-corrected chi connectivity index (χ0v) is 13.3. The molecule has 0 aromatic rings. The number of hydrogen-bond donors (Lipinski definition) is 1. The largest absolute Gasteiger partial charge is 0.308 e. The fourth-order valence-electron chi connectivity index (χ4n) is 5.44. The van der Waals surface area contributed by atoms with Crippen molar-refractivity contribution in [3.63, 3.8) is 0 Å². The van der Waals surface area contributed by atoms with E-state index >= 15 is 0 Å². The summed E-state index contributed by atoms with van der Waals surface area (Å²) >= 11 is 0. The quantitative estimate of drug-likeness (QED) is 0.827. The van der Waals surface area contributed by atoms with Gasteiger partial charge in [0.15, 0.2) is 0 Å². The number of nitrogens with zero attached hydrogens (tertiary/aromatic N) is 1. The highest BCUT2D eigenvalue weighted by atomic mass is 15.3. The standard InChI is InChI=1S/C18H32N2/c1-17(15-9-10-15)13-19-18(11-5-2-6-12-18)14-20(17)16-7-3-4-8-16/h15-16,19H,2-14H2,1H3. The van der Waals surface area contributed by atoms with Crippen molar-refractivity contribution in [1.82, 2.24) is 10.2 Å². The van der Waals surface area contributed by atoms with Crippen LogP contribution >= 0.6 is 0 Å². The average molecular weight is 276 g/mol. The first kappa shape index (κ1) is 13.6. The third-order valence-corrected chi connectivity index (χ3v) is 6.98. The van der Waals surface area contributed by atoms with Crippen LogP contribution in [0.15, 0.2) is 0 Å². The number of nitrogens with one attached hydrogen (secondary N) is 1. The second-order valence-corrected chi connectivity index (χ2v) is 8.39. The summed E-state index contributed by atoms with van der Waals surface area (Å²) in [7, 11) is 0. The highest BCUT2D eigenvalue weighted by molar-refractivity contribution is 5.11. The summed E-state index contributed by atoms with van der Waals surface area (Å²) in [6.07, 6.45) is 16.1. The van der Waals surface area contributed by atoms with Crippen molar-refractivity contribution in [2.45, 2.75) is 94.7 Å². The average Bonchev–Trinajstić information content (AvgIpc) is 3.20. The molecule has 2 heteroatoms. The SMILES string of the molecule is CC1(C2CC2)CNC2(CCCCC2)CN1C1CCCC1. The van der Waals surface area contributed by atoms with Crippen molar-refractivity contribution in [2.24, 2.45) is 5.92 Å². The maximum absolute atomic E-state index is 4.06. The lowest BCUT2D eigenvalue weighted by atomic mass is 9.75. The molecule has 4 aliphatic rings. The summed E-state index contributed by atoms with van der Waals surface area (Å²) in [6, 6.07) is 0.904. The van der Waals surface area contributed by atoms with E-state index in [0.29, 0.717) is 11.1 Å². The Bertz CT molecular complexity index is 350. The van der Waals surface area contributed by atoms with E-state index in [1.807, 2.05) is 0 Å². The first-order valence-electron chi connectivity index (χ1n) is 9.24. The van der Waals surface area contributed by atoms with E-state index in [-0.39, 0.29) is 0 Å². The van der Waals surface area contributed by atoms with Crippen molar-refractivity contribution < 1.29 is 0 Å². The Labute approximate surface area is 124 Å². The van der Waals surface area contributed by atoms with E-state index in [9.17, 15) is 0 Å². The van der Waals surface area contributed by atoms with Crippen LogP contribution in [0, 0.1) is 5.92 Å². The summed E-state index contributed by atoms with van der Waals surface area (Å²) in [5.41, 5.74) is 0.951. The molecule has 2 nitrogen and oxygen atoms in total. The molecule has 0 aromatic heterocycles. The van der Waals surface area contributed by atoms with Crippen LogP contribution < -0.4 is 5.32 Å². The molecule has 1 N–H and O–H groups in total. The molecule has 3 saturated carbocycles. The second kappa shape index (κ2) is 4.98. The minimum atomic E-state index is 0.470. The Hall–Kier alpha value is -0.0800.